The second kappa shape index (κ2) is 7.59. The minimum atomic E-state index is -0.997. The van der Waals surface area contributed by atoms with E-state index < -0.39 is 5.97 Å². The van der Waals surface area contributed by atoms with Crippen molar-refractivity contribution in [3.05, 3.63) is 23.5 Å². The molecular weight excluding hydrogens is 260 g/mol. The fraction of sp³-hybridized carbons (Fsp3) is 0.500. The van der Waals surface area contributed by atoms with Crippen molar-refractivity contribution in [3.63, 3.8) is 0 Å². The second-order valence-corrected chi connectivity index (χ2v) is 5.01. The van der Waals surface area contributed by atoms with Gasteiger partial charge in [0, 0.05) is 24.6 Å². The largest absolute Gasteiger partial charge is 0.481 e. The van der Waals surface area contributed by atoms with Crippen LogP contribution in [0.15, 0.2) is 12.3 Å². The van der Waals surface area contributed by atoms with Crippen LogP contribution in [-0.2, 0) is 16.0 Å². The zero-order valence-corrected chi connectivity index (χ0v) is 11.5. The van der Waals surface area contributed by atoms with E-state index in [0.717, 1.165) is 11.8 Å². The van der Waals surface area contributed by atoms with Crippen molar-refractivity contribution in [2.24, 2.45) is 11.7 Å². The summed E-state index contributed by atoms with van der Waals surface area (Å²) in [5.41, 5.74) is 7.14. The first-order valence-corrected chi connectivity index (χ1v) is 6.56. The minimum absolute atomic E-state index is 0.0389. The van der Waals surface area contributed by atoms with Crippen molar-refractivity contribution in [3.8, 4) is 0 Å². The van der Waals surface area contributed by atoms with Crippen molar-refractivity contribution in [1.82, 2.24) is 4.98 Å². The second-order valence-electron chi connectivity index (χ2n) is 5.01. The summed E-state index contributed by atoms with van der Waals surface area (Å²) in [5.74, 6) is -1.35. The number of ketones is 1. The molecule has 0 radical (unpaired) electrons. The quantitative estimate of drug-likeness (QED) is 0.464. The normalized spacial score (nSPS) is 13.7. The van der Waals surface area contributed by atoms with Crippen LogP contribution in [0.3, 0.4) is 0 Å². The highest BCUT2D eigenvalue weighted by atomic mass is 16.4. The van der Waals surface area contributed by atoms with Crippen LogP contribution in [0, 0.1) is 5.92 Å². The number of carboxylic acids is 1. The molecule has 0 aliphatic heterocycles. The molecule has 0 aromatic carbocycles. The van der Waals surface area contributed by atoms with Gasteiger partial charge in [0.05, 0.1) is 12.1 Å². The van der Waals surface area contributed by atoms with Crippen LogP contribution >= 0.6 is 0 Å². The predicted octanol–water partition coefficient (Wildman–Crippen LogP) is 1.16. The lowest BCUT2D eigenvalue weighted by atomic mass is 9.96. The summed E-state index contributed by atoms with van der Waals surface area (Å²) < 4.78 is 0. The summed E-state index contributed by atoms with van der Waals surface area (Å²) in [7, 11) is 0. The maximum absolute atomic E-state index is 11.9. The molecule has 1 rings (SSSR count). The molecule has 0 saturated carbocycles. The van der Waals surface area contributed by atoms with Crippen LogP contribution in [0.25, 0.3) is 0 Å². The number of rotatable bonds is 9. The van der Waals surface area contributed by atoms with E-state index in [9.17, 15) is 14.4 Å². The van der Waals surface area contributed by atoms with Crippen molar-refractivity contribution in [1.29, 1.82) is 0 Å². The van der Waals surface area contributed by atoms with Gasteiger partial charge in [-0.3, -0.25) is 9.59 Å². The lowest BCUT2D eigenvalue weighted by molar-refractivity contribution is -0.136. The first kappa shape index (κ1) is 16.1. The Morgan fingerprint density at radius 1 is 1.45 bits per heavy atom. The Kier molecular flexibility index (Phi) is 6.11. The highest BCUT2D eigenvalue weighted by Gasteiger charge is 2.17. The van der Waals surface area contributed by atoms with Crippen molar-refractivity contribution in [2.45, 2.75) is 38.6 Å². The number of aldehydes is 1. The number of carbonyl (C=O) groups is 3. The van der Waals surface area contributed by atoms with E-state index in [2.05, 4.69) is 4.98 Å². The summed E-state index contributed by atoms with van der Waals surface area (Å²) in [5, 5.41) is 8.59. The molecule has 2 unspecified atom stereocenters. The van der Waals surface area contributed by atoms with Gasteiger partial charge in [0.25, 0.3) is 0 Å². The average molecular weight is 280 g/mol. The van der Waals surface area contributed by atoms with Crippen LogP contribution in [-0.4, -0.2) is 34.2 Å². The number of Topliss-reactive ketones (excluding diaryl/α,β-unsaturated/α-hetero) is 1. The average Bonchev–Trinajstić information content (AvgIpc) is 2.83. The van der Waals surface area contributed by atoms with Gasteiger partial charge in [0.1, 0.15) is 6.29 Å². The monoisotopic (exact) mass is 280 g/mol. The molecule has 6 heteroatoms. The lowest BCUT2D eigenvalue weighted by Gasteiger charge is -2.13. The Morgan fingerprint density at radius 2 is 2.15 bits per heavy atom. The third kappa shape index (κ3) is 4.97. The van der Waals surface area contributed by atoms with Gasteiger partial charge >= 0.3 is 5.97 Å². The Hall–Kier alpha value is -1.95. The van der Waals surface area contributed by atoms with E-state index in [1.165, 1.54) is 0 Å². The molecule has 0 spiro atoms. The first-order valence-electron chi connectivity index (χ1n) is 6.56. The topological polar surface area (TPSA) is 113 Å². The molecule has 2 atom stereocenters. The number of hydrogen-bond acceptors (Lipinski definition) is 4. The molecule has 1 heterocycles. The molecular formula is C14H20N2O4. The Morgan fingerprint density at radius 3 is 2.75 bits per heavy atom. The van der Waals surface area contributed by atoms with E-state index in [4.69, 9.17) is 10.8 Å². The van der Waals surface area contributed by atoms with E-state index in [0.29, 0.717) is 18.5 Å². The zero-order valence-electron chi connectivity index (χ0n) is 11.5. The van der Waals surface area contributed by atoms with Gasteiger partial charge in [-0.25, -0.2) is 0 Å². The third-order valence-electron chi connectivity index (χ3n) is 3.07. The number of nitrogens with two attached hydrogens (primary N) is 1. The molecule has 20 heavy (non-hydrogen) atoms. The highest BCUT2D eigenvalue weighted by Crippen LogP contribution is 2.15. The van der Waals surface area contributed by atoms with E-state index in [1.54, 1.807) is 19.2 Å². The standard InChI is InChI=1S/C14H20N2O4/c1-9(8-17)6-11(15)7-10-4-5-16-14(10)12(18)2-3-13(19)20/h4-5,8-9,11,16H,2-3,6-7,15H2,1H3,(H,19,20). The number of aromatic nitrogens is 1. The smallest absolute Gasteiger partial charge is 0.303 e. The fourth-order valence-corrected chi connectivity index (χ4v) is 2.08. The molecule has 0 bridgehead atoms. The molecule has 0 saturated heterocycles. The molecule has 1 aromatic heterocycles. The molecule has 1 aromatic rings. The zero-order chi connectivity index (χ0) is 15.1. The van der Waals surface area contributed by atoms with Crippen molar-refractivity contribution >= 4 is 18.0 Å². The van der Waals surface area contributed by atoms with E-state index in [-0.39, 0.29) is 30.6 Å². The molecule has 6 nitrogen and oxygen atoms in total. The van der Waals surface area contributed by atoms with Crippen LogP contribution < -0.4 is 5.73 Å². The minimum Gasteiger partial charge on any atom is -0.481 e. The Balaban J connectivity index is 2.64. The van der Waals surface area contributed by atoms with Crippen LogP contribution in [0.1, 0.15) is 42.2 Å². The predicted molar refractivity (Wildman–Crippen MR) is 73.5 cm³/mol. The highest BCUT2D eigenvalue weighted by molar-refractivity contribution is 5.97. The van der Waals surface area contributed by atoms with Crippen molar-refractivity contribution in [2.75, 3.05) is 0 Å². The molecule has 4 N–H and O–H groups in total. The van der Waals surface area contributed by atoms with Crippen LogP contribution in [0.2, 0.25) is 0 Å². The maximum atomic E-state index is 11.9. The maximum Gasteiger partial charge on any atom is 0.303 e. The third-order valence-corrected chi connectivity index (χ3v) is 3.07. The van der Waals surface area contributed by atoms with Gasteiger partial charge in [-0.2, -0.15) is 0 Å². The summed E-state index contributed by atoms with van der Waals surface area (Å²) in [6.07, 6.45) is 3.30. The Bertz CT molecular complexity index is 481. The van der Waals surface area contributed by atoms with Crippen molar-refractivity contribution < 1.29 is 19.5 Å². The number of aromatic amines is 1. The number of nitrogens with one attached hydrogen (secondary N) is 1. The number of hydrogen-bond donors (Lipinski definition) is 3. The fourth-order valence-electron chi connectivity index (χ4n) is 2.08. The van der Waals surface area contributed by atoms with Gasteiger partial charge in [0.2, 0.25) is 0 Å². The molecule has 110 valence electrons. The van der Waals surface area contributed by atoms with Crippen LogP contribution in [0.4, 0.5) is 0 Å². The number of carboxylic acid groups (broad SMARTS) is 1. The van der Waals surface area contributed by atoms with Gasteiger partial charge in [-0.05, 0) is 24.5 Å². The molecule has 0 fully saturated rings. The van der Waals surface area contributed by atoms with E-state index >= 15 is 0 Å². The summed E-state index contributed by atoms with van der Waals surface area (Å²) in [6, 6.07) is 1.55. The van der Waals surface area contributed by atoms with Gasteiger partial charge in [-0.15, -0.1) is 0 Å². The van der Waals surface area contributed by atoms with Crippen LogP contribution in [0.5, 0.6) is 0 Å². The summed E-state index contributed by atoms with van der Waals surface area (Å²) >= 11 is 0. The Labute approximate surface area is 117 Å². The van der Waals surface area contributed by atoms with Gasteiger partial charge in [0.15, 0.2) is 5.78 Å². The SMILES string of the molecule is CC(C=O)CC(N)Cc1cc[nH]c1C(=O)CCC(=O)O. The molecule has 0 aliphatic rings. The first-order chi connectivity index (χ1) is 9.43. The molecule has 0 aliphatic carbocycles. The molecule has 0 amide bonds. The summed E-state index contributed by atoms with van der Waals surface area (Å²) in [4.78, 5) is 35.8. The van der Waals surface area contributed by atoms with Gasteiger partial charge < -0.3 is 20.6 Å². The lowest BCUT2D eigenvalue weighted by Crippen LogP contribution is -2.26. The van der Waals surface area contributed by atoms with Gasteiger partial charge in [-0.1, -0.05) is 6.92 Å². The number of H-pyrrole nitrogens is 1. The number of aliphatic carboxylic acids is 1. The number of carbonyl (C=O) groups excluding carboxylic acids is 2. The van der Waals surface area contributed by atoms with E-state index in [1.807, 2.05) is 0 Å². The summed E-state index contributed by atoms with van der Waals surface area (Å²) in [6.45, 7) is 1.79.